The lowest BCUT2D eigenvalue weighted by Crippen LogP contribution is -2.40. The van der Waals surface area contributed by atoms with Crippen LogP contribution in [-0.2, 0) is 14.3 Å². The molecule has 1 saturated carbocycles. The number of nitrogens with one attached hydrogen (secondary N) is 1. The number of hydrogen-bond acceptors (Lipinski definition) is 5. The lowest BCUT2D eigenvalue weighted by molar-refractivity contribution is -0.173. The van der Waals surface area contributed by atoms with E-state index in [1.54, 1.807) is 25.1 Å². The summed E-state index contributed by atoms with van der Waals surface area (Å²) in [4.78, 5) is 38.2. The van der Waals surface area contributed by atoms with Gasteiger partial charge in [-0.1, -0.05) is 28.1 Å². The Bertz CT molecular complexity index is 766. The van der Waals surface area contributed by atoms with E-state index in [1.165, 1.54) is 4.90 Å². The molecular weight excluding hydrogens is 442 g/mol. The number of carbonyl (C=O) groups excluding carboxylic acids is 3. The van der Waals surface area contributed by atoms with Crippen molar-refractivity contribution < 1.29 is 24.3 Å². The third kappa shape index (κ3) is 5.08. The molecule has 2 fully saturated rings. The molecule has 3 rings (SSSR count). The first-order chi connectivity index (χ1) is 13.9. The minimum absolute atomic E-state index is 0.114. The van der Waals surface area contributed by atoms with Crippen LogP contribution in [0.4, 0.5) is 4.79 Å². The predicted molar refractivity (Wildman–Crippen MR) is 108 cm³/mol. The van der Waals surface area contributed by atoms with Gasteiger partial charge < -0.3 is 15.0 Å². The van der Waals surface area contributed by atoms with Crippen LogP contribution in [0.15, 0.2) is 28.7 Å². The second kappa shape index (κ2) is 9.58. The number of alkyl carbamates (subject to hydrolysis) is 1. The summed E-state index contributed by atoms with van der Waals surface area (Å²) in [7, 11) is 0. The van der Waals surface area contributed by atoms with Crippen LogP contribution >= 0.6 is 15.9 Å². The fraction of sp³-hybridized carbons (Fsp3) is 0.550. The molecule has 1 aromatic rings. The number of amides is 3. The molecule has 2 aliphatic rings. The van der Waals surface area contributed by atoms with E-state index >= 15 is 0 Å². The van der Waals surface area contributed by atoms with Crippen LogP contribution in [0.5, 0.6) is 0 Å². The van der Waals surface area contributed by atoms with E-state index in [0.29, 0.717) is 42.5 Å². The standard InChI is InChI=1S/C20H26BrN3O5/c1-2-29-20(27)22-11-13-6-8-14(9-7-13)19(26)23-12-17(25)24(28)18(23)15-4-3-5-16(21)10-15/h3-5,10,13-14,18,28H,2,6-9,11-12H2,1H3,(H,22,27)/t13-,14-,18?. The number of hydrogen-bond donors (Lipinski definition) is 2. The van der Waals surface area contributed by atoms with E-state index in [1.807, 2.05) is 6.07 Å². The van der Waals surface area contributed by atoms with Crippen LogP contribution in [0.25, 0.3) is 0 Å². The van der Waals surface area contributed by atoms with Crippen LogP contribution < -0.4 is 5.32 Å². The van der Waals surface area contributed by atoms with Crippen LogP contribution in [0.2, 0.25) is 0 Å². The van der Waals surface area contributed by atoms with Crippen molar-refractivity contribution in [2.75, 3.05) is 19.7 Å². The van der Waals surface area contributed by atoms with E-state index in [9.17, 15) is 19.6 Å². The van der Waals surface area contributed by atoms with Crippen LogP contribution in [0.3, 0.4) is 0 Å². The second-order valence-corrected chi connectivity index (χ2v) is 8.37. The minimum atomic E-state index is -0.810. The molecule has 0 radical (unpaired) electrons. The molecule has 158 valence electrons. The molecule has 1 aliphatic carbocycles. The Morgan fingerprint density at radius 1 is 1.28 bits per heavy atom. The summed E-state index contributed by atoms with van der Waals surface area (Å²) in [6.07, 6.45) is 1.78. The van der Waals surface area contributed by atoms with E-state index in [0.717, 1.165) is 17.3 Å². The third-order valence-electron chi connectivity index (χ3n) is 5.52. The minimum Gasteiger partial charge on any atom is -0.450 e. The molecule has 0 aromatic heterocycles. The highest BCUT2D eigenvalue weighted by atomic mass is 79.9. The average Bonchev–Trinajstić information content (AvgIpc) is 3.01. The maximum Gasteiger partial charge on any atom is 0.407 e. The fourth-order valence-electron chi connectivity index (χ4n) is 4.02. The lowest BCUT2D eigenvalue weighted by atomic mass is 9.81. The fourth-order valence-corrected chi connectivity index (χ4v) is 4.43. The van der Waals surface area contributed by atoms with E-state index in [2.05, 4.69) is 21.2 Å². The van der Waals surface area contributed by atoms with Crippen molar-refractivity contribution in [3.63, 3.8) is 0 Å². The lowest BCUT2D eigenvalue weighted by Gasteiger charge is -2.33. The summed E-state index contributed by atoms with van der Waals surface area (Å²) < 4.78 is 5.68. The first-order valence-electron chi connectivity index (χ1n) is 9.88. The Morgan fingerprint density at radius 3 is 2.66 bits per heavy atom. The van der Waals surface area contributed by atoms with Gasteiger partial charge in [-0.25, -0.2) is 4.79 Å². The molecular formula is C20H26BrN3O5. The highest BCUT2D eigenvalue weighted by Crippen LogP contribution is 2.36. The largest absolute Gasteiger partial charge is 0.450 e. The highest BCUT2D eigenvalue weighted by Gasteiger charge is 2.43. The molecule has 1 saturated heterocycles. The van der Waals surface area contributed by atoms with E-state index in [-0.39, 0.29) is 18.4 Å². The van der Waals surface area contributed by atoms with E-state index in [4.69, 9.17) is 4.74 Å². The van der Waals surface area contributed by atoms with Crippen molar-refractivity contribution in [2.45, 2.75) is 38.8 Å². The van der Waals surface area contributed by atoms with E-state index < -0.39 is 18.2 Å². The maximum atomic E-state index is 13.2. The summed E-state index contributed by atoms with van der Waals surface area (Å²) in [6.45, 7) is 2.50. The third-order valence-corrected chi connectivity index (χ3v) is 6.02. The molecule has 0 spiro atoms. The molecule has 1 heterocycles. The molecule has 0 bridgehead atoms. The van der Waals surface area contributed by atoms with Gasteiger partial charge in [0.25, 0.3) is 5.91 Å². The zero-order valence-corrected chi connectivity index (χ0v) is 17.9. The number of ether oxygens (including phenoxy) is 1. The summed E-state index contributed by atoms with van der Waals surface area (Å²) in [5.74, 6) is -0.492. The normalized spacial score (nSPS) is 24.5. The molecule has 1 unspecified atom stereocenters. The smallest absolute Gasteiger partial charge is 0.407 e. The molecule has 1 aliphatic heterocycles. The first kappa shape index (κ1) is 21.6. The summed E-state index contributed by atoms with van der Waals surface area (Å²) in [6, 6.07) is 7.24. The topological polar surface area (TPSA) is 99.2 Å². The SMILES string of the molecule is CCOC(=O)NC[C@H]1CC[C@H](C(=O)N2CC(=O)N(O)C2c2cccc(Br)c2)CC1. The zero-order valence-electron chi connectivity index (χ0n) is 16.3. The van der Waals surface area contributed by atoms with Crippen LogP contribution in [-0.4, -0.2) is 52.8 Å². The Morgan fingerprint density at radius 2 is 2.00 bits per heavy atom. The van der Waals surface area contributed by atoms with Gasteiger partial charge in [-0.2, -0.15) is 5.06 Å². The highest BCUT2D eigenvalue weighted by molar-refractivity contribution is 9.10. The number of halogens is 1. The van der Waals surface area contributed by atoms with Gasteiger partial charge in [-0.15, -0.1) is 0 Å². The van der Waals surface area contributed by atoms with Gasteiger partial charge in [0.15, 0.2) is 6.17 Å². The Balaban J connectivity index is 1.61. The second-order valence-electron chi connectivity index (χ2n) is 7.45. The number of hydroxylamine groups is 2. The van der Waals surface area contributed by atoms with Gasteiger partial charge in [0, 0.05) is 16.9 Å². The van der Waals surface area contributed by atoms with Gasteiger partial charge in [0.1, 0.15) is 6.54 Å². The Labute approximate surface area is 178 Å². The van der Waals surface area contributed by atoms with Gasteiger partial charge in [0.05, 0.1) is 6.61 Å². The zero-order chi connectivity index (χ0) is 21.0. The molecule has 1 aromatic carbocycles. The number of rotatable bonds is 5. The monoisotopic (exact) mass is 467 g/mol. The molecule has 8 nitrogen and oxygen atoms in total. The van der Waals surface area contributed by atoms with Gasteiger partial charge >= 0.3 is 6.09 Å². The summed E-state index contributed by atoms with van der Waals surface area (Å²) in [5.41, 5.74) is 0.674. The van der Waals surface area contributed by atoms with Crippen molar-refractivity contribution in [3.05, 3.63) is 34.3 Å². The quantitative estimate of drug-likeness (QED) is 0.648. The molecule has 3 amide bonds. The van der Waals surface area contributed by atoms with Crippen LogP contribution in [0, 0.1) is 11.8 Å². The number of benzene rings is 1. The van der Waals surface area contributed by atoms with Gasteiger partial charge in [0.2, 0.25) is 5.91 Å². The van der Waals surface area contributed by atoms with Crippen LogP contribution in [0.1, 0.15) is 44.3 Å². The molecule has 29 heavy (non-hydrogen) atoms. The van der Waals surface area contributed by atoms with Gasteiger partial charge in [-0.05, 0) is 56.2 Å². The molecule has 2 N–H and O–H groups in total. The summed E-state index contributed by atoms with van der Waals surface area (Å²) >= 11 is 3.39. The molecule has 9 heteroatoms. The van der Waals surface area contributed by atoms with Crippen molar-refractivity contribution >= 4 is 33.8 Å². The Kier molecular flexibility index (Phi) is 7.13. The number of carbonyl (C=O) groups is 3. The summed E-state index contributed by atoms with van der Waals surface area (Å²) in [5, 5.41) is 13.6. The average molecular weight is 468 g/mol. The van der Waals surface area contributed by atoms with Crippen molar-refractivity contribution in [2.24, 2.45) is 11.8 Å². The first-order valence-corrected chi connectivity index (χ1v) is 10.7. The van der Waals surface area contributed by atoms with Crippen molar-refractivity contribution in [1.82, 2.24) is 15.3 Å². The molecule has 1 atom stereocenters. The predicted octanol–water partition coefficient (Wildman–Crippen LogP) is 3.06. The Hall–Kier alpha value is -2.13. The van der Waals surface area contributed by atoms with Crippen molar-refractivity contribution in [1.29, 1.82) is 0 Å². The number of nitrogens with zero attached hydrogens (tertiary/aromatic N) is 2. The van der Waals surface area contributed by atoms with Crippen molar-refractivity contribution in [3.8, 4) is 0 Å². The maximum absolute atomic E-state index is 13.2. The van der Waals surface area contributed by atoms with Gasteiger partial charge in [-0.3, -0.25) is 14.8 Å².